The molecule has 0 bridgehead atoms. The number of nitrogens with two attached hydrogens (primary N) is 1. The van der Waals surface area contributed by atoms with Crippen molar-refractivity contribution in [3.63, 3.8) is 0 Å². The molecule has 18 heavy (non-hydrogen) atoms. The molecule has 0 amide bonds. The van der Waals surface area contributed by atoms with Crippen LogP contribution < -0.4 is 10.5 Å². The maximum atomic E-state index is 6.36. The van der Waals surface area contributed by atoms with Crippen molar-refractivity contribution in [3.05, 3.63) is 28.2 Å². The van der Waals surface area contributed by atoms with E-state index in [0.717, 1.165) is 23.2 Å². The Kier molecular flexibility index (Phi) is 4.65. The molecule has 2 N–H and O–H groups in total. The predicted octanol–water partition coefficient (Wildman–Crippen LogP) is 2.94. The Labute approximate surface area is 117 Å². The fraction of sp³-hybridized carbons (Fsp3) is 0.571. The molecule has 4 heteroatoms. The second-order valence-corrected chi connectivity index (χ2v) is 5.89. The molecule has 2 rings (SSSR count). The molecule has 1 aromatic rings. The van der Waals surface area contributed by atoms with Crippen molar-refractivity contribution in [2.45, 2.75) is 31.3 Å². The molecular formula is C14H21BrN2O. The summed E-state index contributed by atoms with van der Waals surface area (Å²) in [5.41, 5.74) is 7.55. The maximum absolute atomic E-state index is 6.36. The number of likely N-dealkylation sites (tertiary alicyclic amines) is 1. The summed E-state index contributed by atoms with van der Waals surface area (Å²) in [5, 5.41) is 0. The van der Waals surface area contributed by atoms with Gasteiger partial charge in [0.25, 0.3) is 0 Å². The highest BCUT2D eigenvalue weighted by molar-refractivity contribution is 9.10. The molecule has 1 heterocycles. The van der Waals surface area contributed by atoms with Crippen LogP contribution in [0.1, 0.15) is 30.9 Å². The fourth-order valence-corrected chi connectivity index (χ4v) is 3.15. The zero-order valence-electron chi connectivity index (χ0n) is 11.0. The minimum absolute atomic E-state index is 0.167. The summed E-state index contributed by atoms with van der Waals surface area (Å²) >= 11 is 3.54. The minimum atomic E-state index is 0.167. The molecule has 0 aliphatic carbocycles. The SMILES string of the molecule is COc1ccc(Br)cc1C1C(N)CCCCN1C. The largest absolute Gasteiger partial charge is 0.496 e. The first-order chi connectivity index (χ1) is 8.63. The lowest BCUT2D eigenvalue weighted by molar-refractivity contribution is 0.224. The lowest BCUT2D eigenvalue weighted by Crippen LogP contribution is -2.37. The van der Waals surface area contributed by atoms with E-state index in [1.165, 1.54) is 18.4 Å². The topological polar surface area (TPSA) is 38.5 Å². The normalized spacial score (nSPS) is 25.8. The van der Waals surface area contributed by atoms with Crippen molar-refractivity contribution in [2.24, 2.45) is 5.73 Å². The third-order valence-electron chi connectivity index (χ3n) is 3.69. The van der Waals surface area contributed by atoms with Gasteiger partial charge in [0, 0.05) is 16.1 Å². The van der Waals surface area contributed by atoms with Crippen LogP contribution in [0.15, 0.2) is 22.7 Å². The van der Waals surface area contributed by atoms with E-state index in [0.29, 0.717) is 0 Å². The van der Waals surface area contributed by atoms with E-state index < -0.39 is 0 Å². The molecule has 0 saturated carbocycles. The molecule has 3 nitrogen and oxygen atoms in total. The Morgan fingerprint density at radius 3 is 2.89 bits per heavy atom. The molecule has 100 valence electrons. The lowest BCUT2D eigenvalue weighted by Gasteiger charge is -2.31. The predicted molar refractivity (Wildman–Crippen MR) is 77.9 cm³/mol. The Morgan fingerprint density at radius 1 is 1.39 bits per heavy atom. The molecular weight excluding hydrogens is 292 g/mol. The Balaban J connectivity index is 2.40. The summed E-state index contributed by atoms with van der Waals surface area (Å²) < 4.78 is 6.56. The van der Waals surface area contributed by atoms with Crippen molar-refractivity contribution in [1.82, 2.24) is 4.90 Å². The number of halogens is 1. The van der Waals surface area contributed by atoms with Gasteiger partial charge in [0.1, 0.15) is 5.75 Å². The van der Waals surface area contributed by atoms with Crippen molar-refractivity contribution < 1.29 is 4.74 Å². The van der Waals surface area contributed by atoms with Crippen molar-refractivity contribution >= 4 is 15.9 Å². The summed E-state index contributed by atoms with van der Waals surface area (Å²) in [6.07, 6.45) is 3.50. The first kappa shape index (κ1) is 13.8. The van der Waals surface area contributed by atoms with E-state index >= 15 is 0 Å². The van der Waals surface area contributed by atoms with Gasteiger partial charge in [0.05, 0.1) is 13.2 Å². The van der Waals surface area contributed by atoms with E-state index in [1.54, 1.807) is 7.11 Å². The third kappa shape index (κ3) is 2.87. The van der Waals surface area contributed by atoms with E-state index in [1.807, 2.05) is 12.1 Å². The minimum Gasteiger partial charge on any atom is -0.496 e. The lowest BCUT2D eigenvalue weighted by atomic mass is 9.96. The van der Waals surface area contributed by atoms with Crippen molar-refractivity contribution in [1.29, 1.82) is 0 Å². The molecule has 1 aromatic carbocycles. The van der Waals surface area contributed by atoms with Gasteiger partial charge in [-0.05, 0) is 44.6 Å². The summed E-state index contributed by atoms with van der Waals surface area (Å²) in [7, 11) is 3.87. The average Bonchev–Trinajstić information content (AvgIpc) is 2.50. The number of methoxy groups -OCH3 is 1. The number of likely N-dealkylation sites (N-methyl/N-ethyl adjacent to an activating group) is 1. The molecule has 0 aromatic heterocycles. The second-order valence-electron chi connectivity index (χ2n) is 4.97. The summed E-state index contributed by atoms with van der Waals surface area (Å²) in [6, 6.07) is 6.54. The van der Waals surface area contributed by atoms with Gasteiger partial charge in [-0.3, -0.25) is 4.90 Å². The first-order valence-corrected chi connectivity index (χ1v) is 7.22. The zero-order chi connectivity index (χ0) is 13.1. The summed E-state index contributed by atoms with van der Waals surface area (Å²) in [6.45, 7) is 1.09. The Hall–Kier alpha value is -0.580. The molecule has 0 radical (unpaired) electrons. The number of rotatable bonds is 2. The van der Waals surface area contributed by atoms with Crippen molar-refractivity contribution in [3.8, 4) is 5.75 Å². The molecule has 2 unspecified atom stereocenters. The van der Waals surface area contributed by atoms with Gasteiger partial charge in [-0.1, -0.05) is 22.4 Å². The highest BCUT2D eigenvalue weighted by Crippen LogP contribution is 2.35. The highest BCUT2D eigenvalue weighted by atomic mass is 79.9. The summed E-state index contributed by atoms with van der Waals surface area (Å²) in [5.74, 6) is 0.924. The number of hydrogen-bond acceptors (Lipinski definition) is 3. The van der Waals surface area contributed by atoms with Gasteiger partial charge in [0.15, 0.2) is 0 Å². The zero-order valence-corrected chi connectivity index (χ0v) is 12.6. The standard InChI is InChI=1S/C14H21BrN2O/c1-17-8-4-3-5-12(16)14(17)11-9-10(15)6-7-13(11)18-2/h6-7,9,12,14H,3-5,8,16H2,1-2H3. The van der Waals surface area contributed by atoms with Gasteiger partial charge >= 0.3 is 0 Å². The number of nitrogens with zero attached hydrogens (tertiary/aromatic N) is 1. The molecule has 1 saturated heterocycles. The van der Waals surface area contributed by atoms with E-state index in [9.17, 15) is 0 Å². The van der Waals surface area contributed by atoms with Gasteiger partial charge in [0.2, 0.25) is 0 Å². The van der Waals surface area contributed by atoms with E-state index in [2.05, 4.69) is 33.9 Å². The molecule has 1 fully saturated rings. The van der Waals surface area contributed by atoms with Crippen LogP contribution in [0.4, 0.5) is 0 Å². The quantitative estimate of drug-likeness (QED) is 0.912. The molecule has 0 spiro atoms. The summed E-state index contributed by atoms with van der Waals surface area (Å²) in [4.78, 5) is 2.35. The van der Waals surface area contributed by atoms with Crippen LogP contribution in [0.2, 0.25) is 0 Å². The van der Waals surface area contributed by atoms with Gasteiger partial charge < -0.3 is 10.5 Å². The fourth-order valence-electron chi connectivity index (χ4n) is 2.77. The van der Waals surface area contributed by atoms with Crippen LogP contribution in [0.3, 0.4) is 0 Å². The van der Waals surface area contributed by atoms with E-state index in [4.69, 9.17) is 10.5 Å². The number of ether oxygens (including phenoxy) is 1. The maximum Gasteiger partial charge on any atom is 0.123 e. The van der Waals surface area contributed by atoms with Crippen LogP contribution >= 0.6 is 15.9 Å². The van der Waals surface area contributed by atoms with Gasteiger partial charge in [-0.2, -0.15) is 0 Å². The number of hydrogen-bond donors (Lipinski definition) is 1. The first-order valence-electron chi connectivity index (χ1n) is 6.42. The smallest absolute Gasteiger partial charge is 0.123 e. The van der Waals surface area contributed by atoms with Crippen LogP contribution in [0.5, 0.6) is 5.75 Å². The van der Waals surface area contributed by atoms with Gasteiger partial charge in [-0.15, -0.1) is 0 Å². The van der Waals surface area contributed by atoms with Crippen molar-refractivity contribution in [2.75, 3.05) is 20.7 Å². The number of benzene rings is 1. The van der Waals surface area contributed by atoms with Crippen LogP contribution in [-0.4, -0.2) is 31.6 Å². The average molecular weight is 313 g/mol. The molecule has 1 aliphatic rings. The van der Waals surface area contributed by atoms with Crippen LogP contribution in [-0.2, 0) is 0 Å². The second kappa shape index (κ2) is 6.04. The Bertz CT molecular complexity index is 399. The van der Waals surface area contributed by atoms with Crippen LogP contribution in [0.25, 0.3) is 0 Å². The van der Waals surface area contributed by atoms with Gasteiger partial charge in [-0.25, -0.2) is 0 Å². The Morgan fingerprint density at radius 2 is 2.17 bits per heavy atom. The molecule has 2 atom stereocenters. The third-order valence-corrected chi connectivity index (χ3v) is 4.18. The van der Waals surface area contributed by atoms with E-state index in [-0.39, 0.29) is 12.1 Å². The monoisotopic (exact) mass is 312 g/mol. The van der Waals surface area contributed by atoms with Crippen LogP contribution in [0, 0.1) is 0 Å². The highest BCUT2D eigenvalue weighted by Gasteiger charge is 2.28. The molecule has 1 aliphatic heterocycles.